The van der Waals surface area contributed by atoms with Gasteiger partial charge in [-0.2, -0.15) is 0 Å². The van der Waals surface area contributed by atoms with E-state index in [1.807, 2.05) is 24.3 Å². The van der Waals surface area contributed by atoms with Crippen LogP contribution in [-0.4, -0.2) is 18.2 Å². The summed E-state index contributed by atoms with van der Waals surface area (Å²) in [6.07, 6.45) is 8.77. The number of carbonyl (C=O) groups is 2. The molecular formula is C28H36O3. The van der Waals surface area contributed by atoms with Crippen molar-refractivity contribution in [3.63, 3.8) is 0 Å². The van der Waals surface area contributed by atoms with Crippen LogP contribution in [0.3, 0.4) is 0 Å². The van der Waals surface area contributed by atoms with Gasteiger partial charge in [-0.1, -0.05) is 75.9 Å². The van der Waals surface area contributed by atoms with E-state index in [1.54, 1.807) is 0 Å². The summed E-state index contributed by atoms with van der Waals surface area (Å²) in [5.74, 6) is 1.13. The van der Waals surface area contributed by atoms with Crippen molar-refractivity contribution in [2.75, 3.05) is 6.61 Å². The minimum atomic E-state index is -0.393. The van der Waals surface area contributed by atoms with Gasteiger partial charge in [0.2, 0.25) is 0 Å². The zero-order valence-electron chi connectivity index (χ0n) is 19.1. The van der Waals surface area contributed by atoms with Crippen LogP contribution in [0.25, 0.3) is 11.1 Å². The fourth-order valence-electron chi connectivity index (χ4n) is 4.32. The van der Waals surface area contributed by atoms with Crippen molar-refractivity contribution in [2.24, 2.45) is 11.8 Å². The molecule has 0 amide bonds. The number of unbranched alkanes of at least 4 members (excludes halogenated alkanes) is 4. The molecule has 2 aromatic carbocycles. The normalized spacial score (nSPS) is 18.7. The first kappa shape index (κ1) is 23.2. The Hall–Kier alpha value is -2.42. The maximum Gasteiger partial charge on any atom is 0.147 e. The van der Waals surface area contributed by atoms with Gasteiger partial charge in [-0.15, -0.1) is 0 Å². The highest BCUT2D eigenvalue weighted by atomic mass is 16.5. The van der Waals surface area contributed by atoms with Crippen LogP contribution >= 0.6 is 0 Å². The van der Waals surface area contributed by atoms with Gasteiger partial charge in [0.15, 0.2) is 0 Å². The Morgan fingerprint density at radius 1 is 0.903 bits per heavy atom. The number of hydrogen-bond acceptors (Lipinski definition) is 3. The number of ketones is 2. The summed E-state index contributed by atoms with van der Waals surface area (Å²) in [5.41, 5.74) is 3.22. The van der Waals surface area contributed by atoms with Gasteiger partial charge < -0.3 is 4.74 Å². The van der Waals surface area contributed by atoms with Gasteiger partial charge in [-0.3, -0.25) is 9.59 Å². The van der Waals surface area contributed by atoms with Crippen LogP contribution in [0, 0.1) is 11.8 Å². The van der Waals surface area contributed by atoms with Crippen molar-refractivity contribution >= 4 is 11.6 Å². The molecule has 1 aliphatic rings. The van der Waals surface area contributed by atoms with Crippen LogP contribution in [0.5, 0.6) is 5.75 Å². The first-order valence-corrected chi connectivity index (χ1v) is 11.9. The Labute approximate surface area is 187 Å². The number of ether oxygens (including phenoxy) is 1. The zero-order valence-corrected chi connectivity index (χ0v) is 19.1. The van der Waals surface area contributed by atoms with Gasteiger partial charge in [0.05, 0.1) is 12.5 Å². The Bertz CT molecular complexity index is 836. The van der Waals surface area contributed by atoms with Crippen LogP contribution in [-0.2, 0) is 16.0 Å². The van der Waals surface area contributed by atoms with Gasteiger partial charge in [-0.25, -0.2) is 0 Å². The van der Waals surface area contributed by atoms with Crippen molar-refractivity contribution < 1.29 is 14.3 Å². The van der Waals surface area contributed by atoms with E-state index in [0.29, 0.717) is 25.2 Å². The van der Waals surface area contributed by atoms with E-state index < -0.39 is 5.92 Å². The van der Waals surface area contributed by atoms with Gasteiger partial charge in [-0.05, 0) is 54.0 Å². The third-order valence-electron chi connectivity index (χ3n) is 6.31. The van der Waals surface area contributed by atoms with Crippen molar-refractivity contribution in [1.82, 2.24) is 0 Å². The Morgan fingerprint density at radius 3 is 2.19 bits per heavy atom. The largest absolute Gasteiger partial charge is 0.494 e. The average Bonchev–Trinajstić information content (AvgIpc) is 2.77. The van der Waals surface area contributed by atoms with E-state index in [4.69, 9.17) is 4.74 Å². The van der Waals surface area contributed by atoms with Crippen molar-refractivity contribution in [3.05, 3.63) is 54.1 Å². The SMILES string of the molecule is CCCCCCCOc1ccc(-c2ccc(CC(=O)C3CCC(C)CC3=O)cc2)cc1. The predicted octanol–water partition coefficient (Wildman–Crippen LogP) is 6.82. The van der Waals surface area contributed by atoms with Gasteiger partial charge in [0, 0.05) is 12.8 Å². The van der Waals surface area contributed by atoms with Gasteiger partial charge in [0.25, 0.3) is 0 Å². The zero-order chi connectivity index (χ0) is 22.1. The molecule has 31 heavy (non-hydrogen) atoms. The van der Waals surface area contributed by atoms with E-state index in [1.165, 1.54) is 25.7 Å². The molecule has 166 valence electrons. The first-order chi connectivity index (χ1) is 15.1. The van der Waals surface area contributed by atoms with E-state index in [0.717, 1.165) is 41.9 Å². The van der Waals surface area contributed by atoms with Crippen LogP contribution in [0.2, 0.25) is 0 Å². The van der Waals surface area contributed by atoms with Crippen LogP contribution < -0.4 is 4.74 Å². The third kappa shape index (κ3) is 7.05. The van der Waals surface area contributed by atoms with Crippen LogP contribution in [0.1, 0.15) is 70.8 Å². The molecule has 1 fully saturated rings. The first-order valence-electron chi connectivity index (χ1n) is 11.9. The average molecular weight is 421 g/mol. The number of carbonyl (C=O) groups excluding carboxylic acids is 2. The minimum absolute atomic E-state index is 0.0702. The summed E-state index contributed by atoms with van der Waals surface area (Å²) < 4.78 is 5.85. The van der Waals surface area contributed by atoms with Gasteiger partial charge in [0.1, 0.15) is 17.3 Å². The van der Waals surface area contributed by atoms with Crippen molar-refractivity contribution in [2.45, 2.75) is 71.6 Å². The second kappa shape index (κ2) is 11.8. The molecule has 2 aromatic rings. The minimum Gasteiger partial charge on any atom is -0.494 e. The lowest BCUT2D eigenvalue weighted by Gasteiger charge is -2.23. The summed E-state index contributed by atoms with van der Waals surface area (Å²) in [5, 5.41) is 0. The lowest BCUT2D eigenvalue weighted by molar-refractivity contribution is -0.134. The Kier molecular flexibility index (Phi) is 8.87. The van der Waals surface area contributed by atoms with E-state index >= 15 is 0 Å². The second-order valence-electron chi connectivity index (χ2n) is 9.03. The summed E-state index contributed by atoms with van der Waals surface area (Å²) in [7, 11) is 0. The molecule has 0 heterocycles. The maximum absolute atomic E-state index is 12.6. The summed E-state index contributed by atoms with van der Waals surface area (Å²) >= 11 is 0. The van der Waals surface area contributed by atoms with E-state index in [2.05, 4.69) is 38.1 Å². The molecule has 2 unspecified atom stereocenters. The molecule has 3 nitrogen and oxygen atoms in total. The number of benzene rings is 2. The van der Waals surface area contributed by atoms with Gasteiger partial charge >= 0.3 is 0 Å². The standard InChI is InChI=1S/C28H36O3/c1-3-4-5-6-7-18-31-25-15-13-24(14-16-25)23-11-9-22(10-12-23)20-28(30)26-17-8-21(2)19-27(26)29/h9-16,21,26H,3-8,17-20H2,1-2H3. The fourth-order valence-corrected chi connectivity index (χ4v) is 4.32. The second-order valence-corrected chi connectivity index (χ2v) is 9.03. The summed E-state index contributed by atoms with van der Waals surface area (Å²) in [6.45, 7) is 5.09. The van der Waals surface area contributed by atoms with Crippen molar-refractivity contribution in [3.8, 4) is 16.9 Å². The molecule has 0 radical (unpaired) electrons. The highest BCUT2D eigenvalue weighted by Gasteiger charge is 2.31. The molecular weight excluding hydrogens is 384 g/mol. The summed E-state index contributed by atoms with van der Waals surface area (Å²) in [4.78, 5) is 24.8. The van der Waals surface area contributed by atoms with E-state index in [9.17, 15) is 9.59 Å². The third-order valence-corrected chi connectivity index (χ3v) is 6.31. The van der Waals surface area contributed by atoms with Crippen molar-refractivity contribution in [1.29, 1.82) is 0 Å². The monoisotopic (exact) mass is 420 g/mol. The van der Waals surface area contributed by atoms with Crippen LogP contribution in [0.4, 0.5) is 0 Å². The molecule has 0 aliphatic heterocycles. The molecule has 2 atom stereocenters. The molecule has 0 aromatic heterocycles. The predicted molar refractivity (Wildman–Crippen MR) is 126 cm³/mol. The fraction of sp³-hybridized carbons (Fsp3) is 0.500. The quantitative estimate of drug-likeness (QED) is 0.296. The molecule has 3 heteroatoms. The van der Waals surface area contributed by atoms with Crippen LogP contribution in [0.15, 0.2) is 48.5 Å². The molecule has 1 saturated carbocycles. The highest BCUT2D eigenvalue weighted by Crippen LogP contribution is 2.28. The molecule has 3 rings (SSSR count). The Morgan fingerprint density at radius 2 is 1.55 bits per heavy atom. The lowest BCUT2D eigenvalue weighted by atomic mass is 9.78. The molecule has 0 saturated heterocycles. The van der Waals surface area contributed by atoms with E-state index in [-0.39, 0.29) is 11.6 Å². The smallest absolute Gasteiger partial charge is 0.147 e. The molecule has 0 N–H and O–H groups in total. The topological polar surface area (TPSA) is 43.4 Å². The number of rotatable bonds is 11. The maximum atomic E-state index is 12.6. The molecule has 0 bridgehead atoms. The molecule has 0 spiro atoms. The Balaban J connectivity index is 1.49. The molecule has 1 aliphatic carbocycles. The number of hydrogen-bond donors (Lipinski definition) is 0. The lowest BCUT2D eigenvalue weighted by Crippen LogP contribution is -2.31. The highest BCUT2D eigenvalue weighted by molar-refractivity contribution is 6.03. The summed E-state index contributed by atoms with van der Waals surface area (Å²) in [6, 6.07) is 16.3. The number of Topliss-reactive ketones (excluding diaryl/α,β-unsaturated/α-hetero) is 2.